The van der Waals surface area contributed by atoms with Gasteiger partial charge in [0.25, 0.3) is 5.56 Å². The second kappa shape index (κ2) is 8.90. The standard InChI is InChI=1S/C11H18N5O14P3/c1-3(28-32(23,24)30-33(25,26)29-31(20,21)22)7-5(17)6(18)10(27-7)16-2-13-4-8(16)14-11(12)15-9(4)19/h2-3,5-7,10,17-18H,1H3,(H,23,24)(H,25,26)(H2,20,21,22)(H3,12,14,15,19)/t3-,5-,6+,7-,10-/m1/s1. The molecule has 33 heavy (non-hydrogen) atoms. The highest BCUT2D eigenvalue weighted by Gasteiger charge is 2.49. The Morgan fingerprint density at radius 3 is 2.39 bits per heavy atom. The van der Waals surface area contributed by atoms with Crippen molar-refractivity contribution in [1.82, 2.24) is 19.5 Å². The summed E-state index contributed by atoms with van der Waals surface area (Å²) in [6, 6.07) is 0. The van der Waals surface area contributed by atoms with E-state index in [4.69, 9.17) is 20.3 Å². The first-order chi connectivity index (χ1) is 15.0. The predicted molar refractivity (Wildman–Crippen MR) is 103 cm³/mol. The summed E-state index contributed by atoms with van der Waals surface area (Å²) in [5.74, 6) is -0.278. The highest BCUT2D eigenvalue weighted by atomic mass is 31.3. The Labute approximate surface area is 182 Å². The number of aliphatic hydroxyl groups is 2. The van der Waals surface area contributed by atoms with Gasteiger partial charge < -0.3 is 40.3 Å². The van der Waals surface area contributed by atoms with Crippen LogP contribution in [0.4, 0.5) is 5.95 Å². The third kappa shape index (κ3) is 5.93. The number of nitrogens with one attached hydrogen (secondary N) is 1. The van der Waals surface area contributed by atoms with Crippen LogP contribution in [0.15, 0.2) is 11.1 Å². The molecule has 22 heteroatoms. The van der Waals surface area contributed by atoms with E-state index in [1.165, 1.54) is 0 Å². The van der Waals surface area contributed by atoms with Gasteiger partial charge in [0.05, 0.1) is 12.4 Å². The van der Waals surface area contributed by atoms with Crippen molar-refractivity contribution in [3.8, 4) is 0 Å². The molecule has 1 saturated heterocycles. The molecule has 1 aliphatic rings. The Hall–Kier alpha value is -1.56. The quantitative estimate of drug-likeness (QED) is 0.170. The van der Waals surface area contributed by atoms with Crippen molar-refractivity contribution in [2.75, 3.05) is 5.73 Å². The molecule has 0 saturated carbocycles. The van der Waals surface area contributed by atoms with E-state index in [-0.39, 0.29) is 17.1 Å². The molecule has 186 valence electrons. The smallest absolute Gasteiger partial charge is 0.387 e. The summed E-state index contributed by atoms with van der Waals surface area (Å²) in [5.41, 5.74) is 4.51. The average molecular weight is 537 g/mol. The van der Waals surface area contributed by atoms with Crippen LogP contribution in [0.5, 0.6) is 0 Å². The van der Waals surface area contributed by atoms with Crippen molar-refractivity contribution in [2.24, 2.45) is 0 Å². The number of aromatic amines is 1. The Morgan fingerprint density at radius 1 is 1.15 bits per heavy atom. The molecule has 3 rings (SSSR count). The zero-order valence-electron chi connectivity index (χ0n) is 16.2. The molecule has 9 N–H and O–H groups in total. The molecule has 2 unspecified atom stereocenters. The van der Waals surface area contributed by atoms with Crippen molar-refractivity contribution in [3.05, 3.63) is 16.7 Å². The van der Waals surface area contributed by atoms with E-state index in [9.17, 15) is 38.5 Å². The Kier molecular flexibility index (Phi) is 7.03. The van der Waals surface area contributed by atoms with Crippen molar-refractivity contribution < 1.29 is 61.4 Å². The van der Waals surface area contributed by atoms with Gasteiger partial charge in [0, 0.05) is 0 Å². The van der Waals surface area contributed by atoms with Crippen LogP contribution < -0.4 is 11.3 Å². The summed E-state index contributed by atoms with van der Waals surface area (Å²) >= 11 is 0. The van der Waals surface area contributed by atoms with E-state index in [0.29, 0.717) is 0 Å². The fourth-order valence-electron chi connectivity index (χ4n) is 3.00. The van der Waals surface area contributed by atoms with Gasteiger partial charge in [-0.25, -0.2) is 18.7 Å². The number of aliphatic hydroxyl groups excluding tert-OH is 2. The Bertz CT molecular complexity index is 1240. The van der Waals surface area contributed by atoms with Crippen LogP contribution in [0.1, 0.15) is 13.2 Å². The number of fused-ring (bicyclic) bond motifs is 1. The summed E-state index contributed by atoms with van der Waals surface area (Å²) in [6.45, 7) is 1.05. The predicted octanol–water partition coefficient (Wildman–Crippen LogP) is -1.95. The number of hydrogen-bond acceptors (Lipinski definition) is 13. The molecule has 3 heterocycles. The van der Waals surface area contributed by atoms with Gasteiger partial charge in [-0.15, -0.1) is 0 Å². The molecule has 1 fully saturated rings. The van der Waals surface area contributed by atoms with Crippen LogP contribution in [0.25, 0.3) is 11.2 Å². The number of nitrogens with two attached hydrogens (primary N) is 1. The maximum absolute atomic E-state index is 12.0. The van der Waals surface area contributed by atoms with Gasteiger partial charge in [-0.05, 0) is 6.92 Å². The lowest BCUT2D eigenvalue weighted by Crippen LogP contribution is -2.38. The van der Waals surface area contributed by atoms with Crippen LogP contribution >= 0.6 is 23.5 Å². The lowest BCUT2D eigenvalue weighted by molar-refractivity contribution is -0.0755. The minimum atomic E-state index is -5.76. The number of ether oxygens (including phenoxy) is 1. The minimum Gasteiger partial charge on any atom is -0.387 e. The van der Waals surface area contributed by atoms with Gasteiger partial charge in [0.2, 0.25) is 5.95 Å². The number of phosphoric ester groups is 1. The number of nitrogen functional groups attached to an aromatic ring is 1. The number of phosphoric acid groups is 3. The zero-order chi connectivity index (χ0) is 24.9. The second-order valence-electron chi connectivity index (χ2n) is 6.65. The minimum absolute atomic E-state index is 0.117. The molecular formula is C11H18N5O14P3. The molecular weight excluding hydrogens is 519 g/mol. The maximum atomic E-state index is 12.0. The van der Waals surface area contributed by atoms with Crippen LogP contribution in [0.3, 0.4) is 0 Å². The van der Waals surface area contributed by atoms with Crippen LogP contribution in [0, 0.1) is 0 Å². The number of nitrogens with zero attached hydrogens (tertiary/aromatic N) is 3. The topological polar surface area (TPSA) is 299 Å². The van der Waals surface area contributed by atoms with Crippen LogP contribution in [-0.4, -0.2) is 73.7 Å². The first kappa shape index (κ1) is 26.1. The third-order valence-electron chi connectivity index (χ3n) is 4.18. The summed E-state index contributed by atoms with van der Waals surface area (Å²) < 4.78 is 52.4. The summed E-state index contributed by atoms with van der Waals surface area (Å²) in [7, 11) is -16.9. The number of hydrogen-bond donors (Lipinski definition) is 8. The monoisotopic (exact) mass is 537 g/mol. The molecule has 0 bridgehead atoms. The fourth-order valence-corrected chi connectivity index (χ4v) is 6.20. The van der Waals surface area contributed by atoms with Gasteiger partial charge in [-0.3, -0.25) is 18.9 Å². The number of anilines is 1. The molecule has 0 radical (unpaired) electrons. The summed E-state index contributed by atoms with van der Waals surface area (Å²) in [6.07, 6.45) is -7.04. The SMILES string of the molecule is C[C@@H](OP(=O)(O)OP(=O)(O)OP(=O)(O)O)[C@H]1O[C@@H](n2cnc3c(=O)[nH]c(N)nc32)[C@@H](O)[C@H]1O. The number of H-pyrrole nitrogens is 1. The Morgan fingerprint density at radius 2 is 1.79 bits per heavy atom. The van der Waals surface area contributed by atoms with E-state index in [0.717, 1.165) is 17.8 Å². The maximum Gasteiger partial charge on any atom is 0.490 e. The van der Waals surface area contributed by atoms with E-state index < -0.39 is 59.7 Å². The van der Waals surface area contributed by atoms with E-state index in [1.807, 2.05) is 0 Å². The average Bonchev–Trinajstić information content (AvgIpc) is 3.13. The van der Waals surface area contributed by atoms with Crippen molar-refractivity contribution in [2.45, 2.75) is 37.6 Å². The Balaban J connectivity index is 1.78. The summed E-state index contributed by atoms with van der Waals surface area (Å²) in [5, 5.41) is 20.7. The molecule has 0 aromatic carbocycles. The van der Waals surface area contributed by atoms with Gasteiger partial charge in [-0.1, -0.05) is 0 Å². The number of rotatable bonds is 8. The van der Waals surface area contributed by atoms with Crippen LogP contribution in [-0.2, 0) is 31.6 Å². The van der Waals surface area contributed by atoms with Crippen molar-refractivity contribution in [1.29, 1.82) is 0 Å². The molecule has 2 aromatic heterocycles. The number of aromatic nitrogens is 4. The van der Waals surface area contributed by atoms with Gasteiger partial charge in [0.1, 0.15) is 18.3 Å². The van der Waals surface area contributed by atoms with Gasteiger partial charge in [-0.2, -0.15) is 13.6 Å². The highest BCUT2D eigenvalue weighted by molar-refractivity contribution is 7.66. The molecule has 19 nitrogen and oxygen atoms in total. The zero-order valence-corrected chi connectivity index (χ0v) is 18.9. The fraction of sp³-hybridized carbons (Fsp3) is 0.545. The first-order valence-corrected chi connectivity index (χ1v) is 13.1. The van der Waals surface area contributed by atoms with E-state index >= 15 is 0 Å². The molecule has 0 aliphatic carbocycles. The van der Waals surface area contributed by atoms with Crippen molar-refractivity contribution >= 4 is 40.6 Å². The molecule has 0 amide bonds. The summed E-state index contributed by atoms with van der Waals surface area (Å²) in [4.78, 5) is 57.7. The third-order valence-corrected chi connectivity index (χ3v) is 8.10. The highest BCUT2D eigenvalue weighted by Crippen LogP contribution is 2.66. The number of imidazole rings is 1. The second-order valence-corrected chi connectivity index (χ2v) is 11.0. The van der Waals surface area contributed by atoms with Gasteiger partial charge in [0.15, 0.2) is 17.4 Å². The lowest BCUT2D eigenvalue weighted by atomic mass is 10.1. The molecule has 7 atom stereocenters. The van der Waals surface area contributed by atoms with Crippen molar-refractivity contribution in [3.63, 3.8) is 0 Å². The van der Waals surface area contributed by atoms with Gasteiger partial charge >= 0.3 is 23.5 Å². The van der Waals surface area contributed by atoms with E-state index in [2.05, 4.69) is 28.1 Å². The van der Waals surface area contributed by atoms with E-state index in [1.54, 1.807) is 0 Å². The first-order valence-electron chi connectivity index (χ1n) is 8.56. The molecule has 1 aliphatic heterocycles. The lowest BCUT2D eigenvalue weighted by Gasteiger charge is -2.24. The normalized spacial score (nSPS) is 28.5. The van der Waals surface area contributed by atoms with Crippen LogP contribution in [0.2, 0.25) is 0 Å². The molecule has 0 spiro atoms. The largest absolute Gasteiger partial charge is 0.490 e. The molecule has 2 aromatic rings.